The molecule has 0 aromatic heterocycles. The first-order valence-electron chi connectivity index (χ1n) is 10.5. The number of hydrogen-bond acceptors (Lipinski definition) is 2. The highest BCUT2D eigenvalue weighted by atomic mass is 16.2. The Balaban J connectivity index is 1.54. The molecule has 4 rings (SSSR count). The van der Waals surface area contributed by atoms with Crippen LogP contribution in [-0.4, -0.2) is 33.8 Å². The van der Waals surface area contributed by atoms with Crippen LogP contribution in [0.3, 0.4) is 0 Å². The third kappa shape index (κ3) is 3.96. The quantitative estimate of drug-likeness (QED) is 0.681. The van der Waals surface area contributed by atoms with Gasteiger partial charge in [0.2, 0.25) is 0 Å². The van der Waals surface area contributed by atoms with Gasteiger partial charge >= 0.3 is 6.03 Å². The minimum absolute atomic E-state index is 0.0321. The van der Waals surface area contributed by atoms with Gasteiger partial charge in [-0.3, -0.25) is 9.69 Å². The molecule has 0 spiro atoms. The maximum Gasteiger partial charge on any atom is 0.328 e. The monoisotopic (exact) mass is 376 g/mol. The van der Waals surface area contributed by atoms with Gasteiger partial charge in [0.25, 0.3) is 5.91 Å². The number of amides is 3. The first-order chi connectivity index (χ1) is 13.7. The van der Waals surface area contributed by atoms with Crippen molar-refractivity contribution in [2.45, 2.75) is 63.6 Å². The summed E-state index contributed by atoms with van der Waals surface area (Å²) in [6.45, 7) is 0.365. The average Bonchev–Trinajstić information content (AvgIpc) is 2.98. The van der Waals surface area contributed by atoms with E-state index < -0.39 is 0 Å². The van der Waals surface area contributed by atoms with E-state index in [0.29, 0.717) is 13.0 Å². The Labute approximate surface area is 167 Å². The molecule has 1 atom stereocenters. The summed E-state index contributed by atoms with van der Waals surface area (Å²) in [6.07, 6.45) is 7.05. The van der Waals surface area contributed by atoms with Gasteiger partial charge in [-0.25, -0.2) is 4.79 Å². The number of rotatable bonds is 6. The smallest absolute Gasteiger partial charge is 0.309 e. The second kappa shape index (κ2) is 8.59. The molecule has 2 aromatic rings. The number of imide groups is 1. The molecule has 0 bridgehead atoms. The molecule has 0 N–H and O–H groups in total. The van der Waals surface area contributed by atoms with Gasteiger partial charge in [-0.05, 0) is 36.8 Å². The lowest BCUT2D eigenvalue weighted by atomic mass is 9.93. The number of aryl methyl sites for hydroxylation is 1. The largest absolute Gasteiger partial charge is 0.328 e. The lowest BCUT2D eigenvalue weighted by Gasteiger charge is -2.33. The van der Waals surface area contributed by atoms with Gasteiger partial charge in [-0.2, -0.15) is 0 Å². The first kappa shape index (κ1) is 18.7. The Kier molecular flexibility index (Phi) is 5.75. The van der Waals surface area contributed by atoms with E-state index in [4.69, 9.17) is 0 Å². The van der Waals surface area contributed by atoms with Crippen molar-refractivity contribution in [3.63, 3.8) is 0 Å². The third-order valence-electron chi connectivity index (χ3n) is 6.04. The Bertz CT molecular complexity index is 800. The number of urea groups is 1. The fourth-order valence-electron chi connectivity index (χ4n) is 4.56. The second-order valence-electron chi connectivity index (χ2n) is 7.93. The van der Waals surface area contributed by atoms with E-state index in [1.807, 2.05) is 53.4 Å². The lowest BCUT2D eigenvalue weighted by molar-refractivity contribution is -0.129. The molecule has 1 saturated heterocycles. The SMILES string of the molecule is O=C1C(CCc2ccccc2)N(C2CCCCC2)C(=O)N1Cc1ccccc1. The lowest BCUT2D eigenvalue weighted by Crippen LogP contribution is -2.44. The highest BCUT2D eigenvalue weighted by Crippen LogP contribution is 2.32. The van der Waals surface area contributed by atoms with Crippen LogP contribution in [0.1, 0.15) is 49.7 Å². The molecule has 1 heterocycles. The first-order valence-corrected chi connectivity index (χ1v) is 10.5. The van der Waals surface area contributed by atoms with Gasteiger partial charge in [-0.15, -0.1) is 0 Å². The molecule has 4 heteroatoms. The molecule has 2 fully saturated rings. The van der Waals surface area contributed by atoms with Gasteiger partial charge in [0.05, 0.1) is 6.54 Å². The maximum atomic E-state index is 13.3. The maximum absolute atomic E-state index is 13.3. The predicted molar refractivity (Wildman–Crippen MR) is 110 cm³/mol. The summed E-state index contributed by atoms with van der Waals surface area (Å²) < 4.78 is 0. The molecular formula is C24H28N2O2. The molecule has 28 heavy (non-hydrogen) atoms. The van der Waals surface area contributed by atoms with Gasteiger partial charge < -0.3 is 4.90 Å². The van der Waals surface area contributed by atoms with E-state index in [0.717, 1.165) is 37.7 Å². The van der Waals surface area contributed by atoms with Crippen LogP contribution >= 0.6 is 0 Å². The van der Waals surface area contributed by atoms with Crippen molar-refractivity contribution >= 4 is 11.9 Å². The van der Waals surface area contributed by atoms with Gasteiger partial charge in [0.1, 0.15) is 6.04 Å². The number of carbonyl (C=O) groups is 2. The Morgan fingerprint density at radius 3 is 2.04 bits per heavy atom. The van der Waals surface area contributed by atoms with E-state index in [2.05, 4.69) is 12.1 Å². The molecule has 146 valence electrons. The van der Waals surface area contributed by atoms with E-state index >= 15 is 0 Å². The molecule has 1 aliphatic heterocycles. The Hall–Kier alpha value is -2.62. The molecular weight excluding hydrogens is 348 g/mol. The van der Waals surface area contributed by atoms with Crippen molar-refractivity contribution in [2.75, 3.05) is 0 Å². The van der Waals surface area contributed by atoms with E-state index in [1.165, 1.54) is 16.9 Å². The fraction of sp³-hybridized carbons (Fsp3) is 0.417. The number of benzene rings is 2. The van der Waals surface area contributed by atoms with Crippen LogP contribution in [0.4, 0.5) is 4.79 Å². The second-order valence-corrected chi connectivity index (χ2v) is 7.93. The molecule has 2 aliphatic rings. The minimum Gasteiger partial charge on any atom is -0.309 e. The molecule has 1 saturated carbocycles. The minimum atomic E-state index is -0.334. The molecule has 1 unspecified atom stereocenters. The Morgan fingerprint density at radius 1 is 0.786 bits per heavy atom. The number of hydrogen-bond donors (Lipinski definition) is 0. The van der Waals surface area contributed by atoms with E-state index in [9.17, 15) is 9.59 Å². The molecule has 3 amide bonds. The zero-order valence-electron chi connectivity index (χ0n) is 16.3. The zero-order chi connectivity index (χ0) is 19.3. The highest BCUT2D eigenvalue weighted by Gasteiger charge is 2.47. The van der Waals surface area contributed by atoms with E-state index in [-0.39, 0.29) is 24.0 Å². The summed E-state index contributed by atoms with van der Waals surface area (Å²) in [7, 11) is 0. The summed E-state index contributed by atoms with van der Waals surface area (Å²) in [6, 6.07) is 19.8. The Morgan fingerprint density at radius 2 is 1.39 bits per heavy atom. The van der Waals surface area contributed by atoms with Crippen LogP contribution in [0.5, 0.6) is 0 Å². The van der Waals surface area contributed by atoms with Crippen LogP contribution in [0.15, 0.2) is 60.7 Å². The van der Waals surface area contributed by atoms with Crippen molar-refractivity contribution in [1.82, 2.24) is 9.80 Å². The predicted octanol–water partition coefficient (Wildman–Crippen LogP) is 4.78. The number of carbonyl (C=O) groups excluding carboxylic acids is 2. The summed E-state index contributed by atoms with van der Waals surface area (Å²) in [5.74, 6) is -0.0321. The van der Waals surface area contributed by atoms with Crippen molar-refractivity contribution in [3.05, 3.63) is 71.8 Å². The standard InChI is InChI=1S/C24H28N2O2/c27-23-22(17-16-19-10-4-1-5-11-19)26(21-14-8-3-9-15-21)24(28)25(23)18-20-12-6-2-7-13-20/h1-2,4-7,10-13,21-22H,3,8-9,14-18H2. The summed E-state index contributed by atoms with van der Waals surface area (Å²) in [5.41, 5.74) is 2.21. The van der Waals surface area contributed by atoms with Crippen LogP contribution in [0.25, 0.3) is 0 Å². The van der Waals surface area contributed by atoms with Gasteiger partial charge in [0, 0.05) is 6.04 Å². The molecule has 0 radical (unpaired) electrons. The van der Waals surface area contributed by atoms with Crippen LogP contribution in [0, 0.1) is 0 Å². The van der Waals surface area contributed by atoms with Crippen molar-refractivity contribution in [2.24, 2.45) is 0 Å². The molecule has 1 aliphatic carbocycles. The summed E-state index contributed by atoms with van der Waals surface area (Å²) in [4.78, 5) is 29.9. The molecule has 4 nitrogen and oxygen atoms in total. The van der Waals surface area contributed by atoms with Crippen LogP contribution < -0.4 is 0 Å². The van der Waals surface area contributed by atoms with Crippen LogP contribution in [-0.2, 0) is 17.8 Å². The van der Waals surface area contributed by atoms with Gasteiger partial charge in [0.15, 0.2) is 0 Å². The fourth-order valence-corrected chi connectivity index (χ4v) is 4.56. The van der Waals surface area contributed by atoms with Gasteiger partial charge in [-0.1, -0.05) is 79.9 Å². The van der Waals surface area contributed by atoms with Crippen molar-refractivity contribution in [3.8, 4) is 0 Å². The van der Waals surface area contributed by atoms with Crippen molar-refractivity contribution in [1.29, 1.82) is 0 Å². The van der Waals surface area contributed by atoms with E-state index in [1.54, 1.807) is 0 Å². The summed E-state index contributed by atoms with van der Waals surface area (Å²) in [5, 5.41) is 0. The number of nitrogens with zero attached hydrogens (tertiary/aromatic N) is 2. The zero-order valence-corrected chi connectivity index (χ0v) is 16.3. The highest BCUT2D eigenvalue weighted by molar-refractivity contribution is 6.04. The third-order valence-corrected chi connectivity index (χ3v) is 6.04. The van der Waals surface area contributed by atoms with Crippen molar-refractivity contribution < 1.29 is 9.59 Å². The summed E-state index contributed by atoms with van der Waals surface area (Å²) >= 11 is 0. The normalized spacial score (nSPS) is 20.8. The average molecular weight is 377 g/mol. The van der Waals surface area contributed by atoms with Crippen LogP contribution in [0.2, 0.25) is 0 Å². The topological polar surface area (TPSA) is 40.6 Å². The molecule has 2 aromatic carbocycles.